The Morgan fingerprint density at radius 2 is 2.28 bits per heavy atom. The standard InChI is InChI=1S/C12H9BrFNO3/c1-2-9-10(12(16)17)18-11(15-9)7-4-3-6(13)5-8(7)14/h3-5H,2H2,1H3,(H,16,17). The molecule has 2 aromatic rings. The molecule has 0 bridgehead atoms. The molecule has 0 aliphatic rings. The van der Waals surface area contributed by atoms with Crippen molar-refractivity contribution in [2.24, 2.45) is 0 Å². The number of carboxylic acids is 1. The maximum atomic E-state index is 13.7. The summed E-state index contributed by atoms with van der Waals surface area (Å²) in [6.45, 7) is 1.76. The molecule has 0 aliphatic heterocycles. The second-order valence-corrected chi connectivity index (χ2v) is 4.49. The molecule has 0 unspecified atom stereocenters. The lowest BCUT2D eigenvalue weighted by Gasteiger charge is -1.98. The van der Waals surface area contributed by atoms with Crippen LogP contribution in [0.25, 0.3) is 11.5 Å². The van der Waals surface area contributed by atoms with Crippen LogP contribution in [0, 0.1) is 5.82 Å². The molecule has 0 saturated carbocycles. The van der Waals surface area contributed by atoms with E-state index in [1.54, 1.807) is 13.0 Å². The van der Waals surface area contributed by atoms with E-state index in [1.165, 1.54) is 12.1 Å². The van der Waals surface area contributed by atoms with Crippen molar-refractivity contribution in [1.29, 1.82) is 0 Å². The lowest BCUT2D eigenvalue weighted by atomic mass is 10.2. The highest BCUT2D eigenvalue weighted by Crippen LogP contribution is 2.27. The van der Waals surface area contributed by atoms with E-state index in [-0.39, 0.29) is 17.2 Å². The number of carbonyl (C=O) groups is 1. The van der Waals surface area contributed by atoms with E-state index < -0.39 is 11.8 Å². The maximum Gasteiger partial charge on any atom is 0.373 e. The lowest BCUT2D eigenvalue weighted by molar-refractivity contribution is 0.0661. The highest BCUT2D eigenvalue weighted by Gasteiger charge is 2.20. The van der Waals surface area contributed by atoms with Gasteiger partial charge < -0.3 is 9.52 Å². The minimum Gasteiger partial charge on any atom is -0.475 e. The van der Waals surface area contributed by atoms with Gasteiger partial charge in [0.2, 0.25) is 11.7 Å². The van der Waals surface area contributed by atoms with E-state index in [0.717, 1.165) is 0 Å². The SMILES string of the molecule is CCc1nc(-c2ccc(Br)cc2F)oc1C(=O)O. The summed E-state index contributed by atoms with van der Waals surface area (Å²) in [5.74, 6) is -1.99. The molecule has 2 rings (SSSR count). The third kappa shape index (κ3) is 2.28. The van der Waals surface area contributed by atoms with Gasteiger partial charge in [0.1, 0.15) is 5.82 Å². The van der Waals surface area contributed by atoms with Crippen molar-refractivity contribution in [3.05, 3.63) is 39.9 Å². The van der Waals surface area contributed by atoms with E-state index in [0.29, 0.717) is 16.6 Å². The zero-order valence-corrected chi connectivity index (χ0v) is 11.0. The molecule has 1 N–H and O–H groups in total. The van der Waals surface area contributed by atoms with Gasteiger partial charge in [-0.2, -0.15) is 0 Å². The van der Waals surface area contributed by atoms with E-state index in [2.05, 4.69) is 20.9 Å². The fourth-order valence-corrected chi connectivity index (χ4v) is 1.87. The Bertz CT molecular complexity index is 609. The molecule has 1 aromatic heterocycles. The predicted octanol–water partition coefficient (Wildman–Crippen LogP) is 3.50. The number of rotatable bonds is 3. The van der Waals surface area contributed by atoms with Crippen LogP contribution in [-0.4, -0.2) is 16.1 Å². The molecule has 0 saturated heterocycles. The molecule has 0 atom stereocenters. The van der Waals surface area contributed by atoms with Gasteiger partial charge in [-0.1, -0.05) is 22.9 Å². The largest absolute Gasteiger partial charge is 0.475 e. The summed E-state index contributed by atoms with van der Waals surface area (Å²) in [4.78, 5) is 14.9. The molecule has 1 heterocycles. The van der Waals surface area contributed by atoms with Crippen molar-refractivity contribution in [3.63, 3.8) is 0 Å². The molecule has 0 spiro atoms. The van der Waals surface area contributed by atoms with Crippen LogP contribution >= 0.6 is 15.9 Å². The number of aryl methyl sites for hydroxylation is 1. The summed E-state index contributed by atoms with van der Waals surface area (Å²) in [7, 11) is 0. The smallest absolute Gasteiger partial charge is 0.373 e. The van der Waals surface area contributed by atoms with Crippen LogP contribution in [0.3, 0.4) is 0 Å². The molecule has 94 valence electrons. The summed E-state index contributed by atoms with van der Waals surface area (Å²) in [5, 5.41) is 8.94. The van der Waals surface area contributed by atoms with Gasteiger partial charge in [0.25, 0.3) is 0 Å². The summed E-state index contributed by atoms with van der Waals surface area (Å²) in [6.07, 6.45) is 0.406. The normalized spacial score (nSPS) is 10.6. The first-order valence-corrected chi connectivity index (χ1v) is 6.00. The molecule has 6 heteroatoms. The third-order valence-electron chi connectivity index (χ3n) is 2.39. The monoisotopic (exact) mass is 313 g/mol. The average molecular weight is 314 g/mol. The molecule has 0 radical (unpaired) electrons. The molecular formula is C12H9BrFNO3. The number of aromatic carboxylic acids is 1. The lowest BCUT2D eigenvalue weighted by Crippen LogP contribution is -1.98. The Morgan fingerprint density at radius 3 is 2.78 bits per heavy atom. The Labute approximate surface area is 111 Å². The van der Waals surface area contributed by atoms with Gasteiger partial charge >= 0.3 is 5.97 Å². The van der Waals surface area contributed by atoms with Gasteiger partial charge in [-0.05, 0) is 24.6 Å². The van der Waals surface area contributed by atoms with Gasteiger partial charge in [0.15, 0.2) is 0 Å². The van der Waals surface area contributed by atoms with Gasteiger partial charge in [-0.25, -0.2) is 14.2 Å². The predicted molar refractivity (Wildman–Crippen MR) is 65.9 cm³/mol. The van der Waals surface area contributed by atoms with Crippen molar-refractivity contribution in [3.8, 4) is 11.5 Å². The quantitative estimate of drug-likeness (QED) is 0.942. The highest BCUT2D eigenvalue weighted by atomic mass is 79.9. The van der Waals surface area contributed by atoms with Crippen molar-refractivity contribution in [1.82, 2.24) is 4.98 Å². The molecule has 18 heavy (non-hydrogen) atoms. The van der Waals surface area contributed by atoms with Crippen LogP contribution in [0.2, 0.25) is 0 Å². The second-order valence-electron chi connectivity index (χ2n) is 3.58. The van der Waals surface area contributed by atoms with E-state index >= 15 is 0 Å². The van der Waals surface area contributed by atoms with E-state index in [1.807, 2.05) is 0 Å². The van der Waals surface area contributed by atoms with Crippen molar-refractivity contribution in [2.45, 2.75) is 13.3 Å². The highest BCUT2D eigenvalue weighted by molar-refractivity contribution is 9.10. The molecule has 0 amide bonds. The van der Waals surface area contributed by atoms with Crippen LogP contribution in [0.5, 0.6) is 0 Å². The van der Waals surface area contributed by atoms with Crippen molar-refractivity contribution in [2.75, 3.05) is 0 Å². The first-order chi connectivity index (χ1) is 8.52. The average Bonchev–Trinajstić information content (AvgIpc) is 2.73. The molecule has 4 nitrogen and oxygen atoms in total. The number of halogens is 2. The summed E-state index contributed by atoms with van der Waals surface area (Å²) in [6, 6.07) is 4.39. The number of carboxylic acid groups (broad SMARTS) is 1. The Hall–Kier alpha value is -1.69. The third-order valence-corrected chi connectivity index (χ3v) is 2.88. The molecule has 0 fully saturated rings. The minimum absolute atomic E-state index is 0.0192. The summed E-state index contributed by atoms with van der Waals surface area (Å²) in [5.41, 5.74) is 0.445. The van der Waals surface area contributed by atoms with Crippen LogP contribution in [-0.2, 0) is 6.42 Å². The van der Waals surface area contributed by atoms with E-state index in [9.17, 15) is 9.18 Å². The van der Waals surface area contributed by atoms with Gasteiger partial charge in [0, 0.05) is 4.47 Å². The Balaban J connectivity index is 2.54. The Morgan fingerprint density at radius 1 is 1.56 bits per heavy atom. The van der Waals surface area contributed by atoms with Crippen LogP contribution < -0.4 is 0 Å². The fraction of sp³-hybridized carbons (Fsp3) is 0.167. The first kappa shape index (κ1) is 12.8. The number of aromatic nitrogens is 1. The molecule has 1 aromatic carbocycles. The topological polar surface area (TPSA) is 63.3 Å². The summed E-state index contributed by atoms with van der Waals surface area (Å²) >= 11 is 3.14. The van der Waals surface area contributed by atoms with Crippen molar-refractivity contribution >= 4 is 21.9 Å². The first-order valence-electron chi connectivity index (χ1n) is 5.21. The molecule has 0 aliphatic carbocycles. The fourth-order valence-electron chi connectivity index (χ4n) is 1.54. The summed E-state index contributed by atoms with van der Waals surface area (Å²) < 4.78 is 19.4. The van der Waals surface area contributed by atoms with Crippen molar-refractivity contribution < 1.29 is 18.7 Å². The zero-order valence-electron chi connectivity index (χ0n) is 9.41. The van der Waals surface area contributed by atoms with Crippen LogP contribution in [0.4, 0.5) is 4.39 Å². The minimum atomic E-state index is -1.21. The van der Waals surface area contributed by atoms with E-state index in [4.69, 9.17) is 9.52 Å². The number of benzene rings is 1. The van der Waals surface area contributed by atoms with Gasteiger partial charge in [-0.3, -0.25) is 0 Å². The number of hydrogen-bond acceptors (Lipinski definition) is 3. The number of oxazole rings is 1. The number of hydrogen-bond donors (Lipinski definition) is 1. The van der Waals surface area contributed by atoms with Crippen LogP contribution in [0.1, 0.15) is 23.2 Å². The molecular weight excluding hydrogens is 305 g/mol. The van der Waals surface area contributed by atoms with Crippen LogP contribution in [0.15, 0.2) is 27.1 Å². The Kier molecular flexibility index (Phi) is 3.47. The second kappa shape index (κ2) is 4.89. The van der Waals surface area contributed by atoms with Gasteiger partial charge in [-0.15, -0.1) is 0 Å². The number of nitrogens with zero attached hydrogens (tertiary/aromatic N) is 1. The zero-order chi connectivity index (χ0) is 13.3. The van der Waals surface area contributed by atoms with Gasteiger partial charge in [0.05, 0.1) is 11.3 Å². The maximum absolute atomic E-state index is 13.7.